The molecule has 1 heterocycles. The van der Waals surface area contributed by atoms with E-state index in [2.05, 4.69) is 39.8 Å². The molecule has 0 N–H and O–H groups in total. The van der Waals surface area contributed by atoms with Crippen LogP contribution in [0.2, 0.25) is 0 Å². The van der Waals surface area contributed by atoms with Crippen molar-refractivity contribution in [3.8, 4) is 5.75 Å². The largest absolute Gasteiger partial charge is 0.490 e. The van der Waals surface area contributed by atoms with Crippen molar-refractivity contribution in [2.45, 2.75) is 39.7 Å². The first-order chi connectivity index (χ1) is 6.09. The predicted octanol–water partition coefficient (Wildman–Crippen LogP) is 3.19. The Morgan fingerprint density at radius 3 is 2.54 bits per heavy atom. The highest BCUT2D eigenvalue weighted by molar-refractivity contribution is 5.48. The summed E-state index contributed by atoms with van der Waals surface area (Å²) in [6.07, 6.45) is 0.329. The van der Waals surface area contributed by atoms with E-state index in [9.17, 15) is 0 Å². The topological polar surface area (TPSA) is 9.23 Å². The molecule has 1 heteroatoms. The van der Waals surface area contributed by atoms with E-state index in [1.165, 1.54) is 16.7 Å². The molecule has 2 atom stereocenters. The van der Waals surface area contributed by atoms with Crippen molar-refractivity contribution >= 4 is 0 Å². The zero-order chi connectivity index (χ0) is 9.59. The Morgan fingerprint density at radius 2 is 1.85 bits per heavy atom. The molecule has 2 unspecified atom stereocenters. The molecule has 70 valence electrons. The lowest BCUT2D eigenvalue weighted by Crippen LogP contribution is -2.10. The van der Waals surface area contributed by atoms with Gasteiger partial charge in [0.15, 0.2) is 0 Å². The number of aryl methyl sites for hydroxylation is 2. The normalized spacial score (nSPS) is 25.5. The van der Waals surface area contributed by atoms with E-state index in [1.54, 1.807) is 0 Å². The Hall–Kier alpha value is -0.980. The third kappa shape index (κ3) is 1.23. The molecule has 1 aliphatic rings. The summed E-state index contributed by atoms with van der Waals surface area (Å²) in [6, 6.07) is 4.37. The van der Waals surface area contributed by atoms with Crippen LogP contribution >= 0.6 is 0 Å². The molecule has 0 radical (unpaired) electrons. The number of rotatable bonds is 0. The van der Waals surface area contributed by atoms with Crippen molar-refractivity contribution < 1.29 is 4.74 Å². The minimum absolute atomic E-state index is 0.329. The molecule has 0 aliphatic carbocycles. The molecule has 1 aromatic rings. The Labute approximate surface area is 79.7 Å². The summed E-state index contributed by atoms with van der Waals surface area (Å²) < 4.78 is 5.78. The first-order valence-electron chi connectivity index (χ1n) is 4.87. The fourth-order valence-corrected chi connectivity index (χ4v) is 2.16. The Bertz CT molecular complexity index is 341. The summed E-state index contributed by atoms with van der Waals surface area (Å²) in [7, 11) is 0. The zero-order valence-corrected chi connectivity index (χ0v) is 8.72. The number of hydrogen-bond donors (Lipinski definition) is 0. The molecular weight excluding hydrogens is 160 g/mol. The van der Waals surface area contributed by atoms with Gasteiger partial charge in [0.25, 0.3) is 0 Å². The minimum atomic E-state index is 0.329. The molecule has 0 bridgehead atoms. The molecule has 1 nitrogen and oxygen atoms in total. The lowest BCUT2D eigenvalue weighted by atomic mass is 9.93. The van der Waals surface area contributed by atoms with Crippen LogP contribution in [-0.4, -0.2) is 6.10 Å². The second-order valence-electron chi connectivity index (χ2n) is 4.11. The monoisotopic (exact) mass is 176 g/mol. The van der Waals surface area contributed by atoms with Gasteiger partial charge in [-0.3, -0.25) is 0 Å². The Morgan fingerprint density at radius 1 is 1.15 bits per heavy atom. The van der Waals surface area contributed by atoms with Gasteiger partial charge >= 0.3 is 0 Å². The first kappa shape index (κ1) is 8.61. The summed E-state index contributed by atoms with van der Waals surface area (Å²) in [4.78, 5) is 0. The fourth-order valence-electron chi connectivity index (χ4n) is 2.16. The second-order valence-corrected chi connectivity index (χ2v) is 4.11. The maximum atomic E-state index is 5.78. The van der Waals surface area contributed by atoms with Crippen LogP contribution in [0.1, 0.15) is 36.5 Å². The minimum Gasteiger partial charge on any atom is -0.490 e. The van der Waals surface area contributed by atoms with Crippen LogP contribution in [0, 0.1) is 13.8 Å². The van der Waals surface area contributed by atoms with Crippen LogP contribution in [0.5, 0.6) is 5.75 Å². The summed E-state index contributed by atoms with van der Waals surface area (Å²) >= 11 is 0. The number of benzene rings is 1. The molecule has 13 heavy (non-hydrogen) atoms. The van der Waals surface area contributed by atoms with Gasteiger partial charge in [0.2, 0.25) is 0 Å². The van der Waals surface area contributed by atoms with E-state index >= 15 is 0 Å². The highest BCUT2D eigenvalue weighted by atomic mass is 16.5. The molecule has 0 fully saturated rings. The van der Waals surface area contributed by atoms with Crippen LogP contribution in [-0.2, 0) is 0 Å². The van der Waals surface area contributed by atoms with Crippen molar-refractivity contribution in [2.24, 2.45) is 0 Å². The van der Waals surface area contributed by atoms with Crippen LogP contribution in [0.3, 0.4) is 0 Å². The standard InChI is InChI=1S/C12H16O/c1-7-5-8(2)12-9(3)10(4)13-11(12)6-7/h5-6,9-10H,1-4H3. The summed E-state index contributed by atoms with van der Waals surface area (Å²) in [5.41, 5.74) is 4.06. The smallest absolute Gasteiger partial charge is 0.123 e. The van der Waals surface area contributed by atoms with Crippen LogP contribution in [0.25, 0.3) is 0 Å². The van der Waals surface area contributed by atoms with Gasteiger partial charge in [-0.2, -0.15) is 0 Å². The van der Waals surface area contributed by atoms with E-state index in [-0.39, 0.29) is 0 Å². The van der Waals surface area contributed by atoms with Gasteiger partial charge in [-0.15, -0.1) is 0 Å². The van der Waals surface area contributed by atoms with Crippen LogP contribution < -0.4 is 4.74 Å². The first-order valence-corrected chi connectivity index (χ1v) is 4.87. The molecule has 0 saturated carbocycles. The highest BCUT2D eigenvalue weighted by Gasteiger charge is 2.28. The number of hydrogen-bond acceptors (Lipinski definition) is 1. The third-order valence-corrected chi connectivity index (χ3v) is 2.97. The quantitative estimate of drug-likeness (QED) is 0.590. The predicted molar refractivity (Wildman–Crippen MR) is 54.4 cm³/mol. The van der Waals surface area contributed by atoms with E-state index in [1.807, 2.05) is 0 Å². The highest BCUT2D eigenvalue weighted by Crippen LogP contribution is 2.40. The lowest BCUT2D eigenvalue weighted by Gasteiger charge is -2.08. The van der Waals surface area contributed by atoms with Crippen molar-refractivity contribution in [1.82, 2.24) is 0 Å². The van der Waals surface area contributed by atoms with Crippen LogP contribution in [0.4, 0.5) is 0 Å². The van der Waals surface area contributed by atoms with E-state index in [0.29, 0.717) is 12.0 Å². The molecule has 0 spiro atoms. The van der Waals surface area contributed by atoms with Crippen molar-refractivity contribution in [3.63, 3.8) is 0 Å². The summed E-state index contributed by atoms with van der Waals surface area (Å²) in [6.45, 7) is 8.66. The van der Waals surface area contributed by atoms with Crippen molar-refractivity contribution in [1.29, 1.82) is 0 Å². The van der Waals surface area contributed by atoms with Gasteiger partial charge in [0, 0.05) is 11.5 Å². The number of fused-ring (bicyclic) bond motifs is 1. The molecule has 2 rings (SSSR count). The van der Waals surface area contributed by atoms with Gasteiger partial charge in [-0.05, 0) is 38.0 Å². The summed E-state index contributed by atoms with van der Waals surface area (Å²) in [5, 5.41) is 0. The maximum absolute atomic E-state index is 5.78. The SMILES string of the molecule is Cc1cc(C)c2c(c1)OC(C)C2C. The lowest BCUT2D eigenvalue weighted by molar-refractivity contribution is 0.232. The van der Waals surface area contributed by atoms with Gasteiger partial charge < -0.3 is 4.74 Å². The molecule has 1 aliphatic heterocycles. The van der Waals surface area contributed by atoms with Crippen molar-refractivity contribution in [3.05, 3.63) is 28.8 Å². The zero-order valence-electron chi connectivity index (χ0n) is 8.72. The number of ether oxygens (including phenoxy) is 1. The van der Waals surface area contributed by atoms with Crippen molar-refractivity contribution in [2.75, 3.05) is 0 Å². The molecule has 0 aromatic heterocycles. The van der Waals surface area contributed by atoms with Gasteiger partial charge in [-0.1, -0.05) is 13.0 Å². The fraction of sp³-hybridized carbons (Fsp3) is 0.500. The summed E-state index contributed by atoms with van der Waals surface area (Å²) in [5.74, 6) is 1.63. The Balaban J connectivity index is 2.57. The van der Waals surface area contributed by atoms with Gasteiger partial charge in [-0.25, -0.2) is 0 Å². The average molecular weight is 176 g/mol. The van der Waals surface area contributed by atoms with E-state index in [0.717, 1.165) is 5.75 Å². The van der Waals surface area contributed by atoms with Crippen LogP contribution in [0.15, 0.2) is 12.1 Å². The average Bonchev–Trinajstić information content (AvgIpc) is 2.27. The molecule has 0 amide bonds. The third-order valence-electron chi connectivity index (χ3n) is 2.97. The molecule has 0 saturated heterocycles. The van der Waals surface area contributed by atoms with Gasteiger partial charge in [0.05, 0.1) is 0 Å². The van der Waals surface area contributed by atoms with E-state index in [4.69, 9.17) is 4.74 Å². The molecule has 1 aromatic carbocycles. The van der Waals surface area contributed by atoms with Gasteiger partial charge in [0.1, 0.15) is 11.9 Å². The second kappa shape index (κ2) is 2.76. The molecular formula is C12H16O. The maximum Gasteiger partial charge on any atom is 0.123 e. The van der Waals surface area contributed by atoms with E-state index < -0.39 is 0 Å². The Kier molecular flexibility index (Phi) is 1.83.